The van der Waals surface area contributed by atoms with Gasteiger partial charge in [0.15, 0.2) is 0 Å². The number of benzene rings is 3. The highest BCUT2D eigenvalue weighted by Gasteiger charge is 2.13. The average molecular weight is 404 g/mol. The zero-order valence-electron chi connectivity index (χ0n) is 15.8. The van der Waals surface area contributed by atoms with Crippen LogP contribution in [0.3, 0.4) is 0 Å². The largest absolute Gasteiger partial charge is 0.277 e. The van der Waals surface area contributed by atoms with E-state index in [1.165, 1.54) is 11.8 Å². The van der Waals surface area contributed by atoms with Crippen molar-refractivity contribution in [2.75, 3.05) is 0 Å². The summed E-state index contributed by atoms with van der Waals surface area (Å²) in [5.74, 6) is 0. The van der Waals surface area contributed by atoms with Gasteiger partial charge in [-0.15, -0.1) is 0 Å². The van der Waals surface area contributed by atoms with E-state index in [1.54, 1.807) is 24.4 Å². The lowest BCUT2D eigenvalue weighted by molar-refractivity contribution is 0.585. The highest BCUT2D eigenvalue weighted by atomic mass is 32.2. The van der Waals surface area contributed by atoms with Crippen LogP contribution >= 0.6 is 0 Å². The van der Waals surface area contributed by atoms with E-state index in [9.17, 15) is 8.42 Å². The van der Waals surface area contributed by atoms with Crippen LogP contribution in [-0.4, -0.2) is 24.8 Å². The molecule has 2 N–H and O–H groups in total. The second-order valence-electron chi connectivity index (χ2n) is 6.61. The zero-order valence-corrected chi connectivity index (χ0v) is 16.6. The maximum Gasteiger partial charge on any atom is 0.276 e. The van der Waals surface area contributed by atoms with Crippen molar-refractivity contribution >= 4 is 27.0 Å². The molecule has 4 rings (SSSR count). The lowest BCUT2D eigenvalue weighted by Gasteiger charge is -2.05. The minimum Gasteiger partial charge on any atom is -0.277 e. The molecule has 0 spiro atoms. The Bertz CT molecular complexity index is 1280. The van der Waals surface area contributed by atoms with Gasteiger partial charge in [0.1, 0.15) is 0 Å². The van der Waals surface area contributed by atoms with E-state index in [1.807, 2.05) is 36.4 Å². The summed E-state index contributed by atoms with van der Waals surface area (Å²) in [6, 6.07) is 20.7. The predicted octanol–water partition coefficient (Wildman–Crippen LogP) is 4.10. The van der Waals surface area contributed by atoms with Gasteiger partial charge in [0.25, 0.3) is 10.0 Å². The molecule has 0 amide bonds. The minimum atomic E-state index is -3.77. The number of hydrazone groups is 1. The van der Waals surface area contributed by atoms with E-state index in [2.05, 4.69) is 39.2 Å². The third-order valence-corrected chi connectivity index (χ3v) is 5.95. The van der Waals surface area contributed by atoms with Gasteiger partial charge < -0.3 is 0 Å². The molecule has 0 aliphatic carbocycles. The molecule has 0 radical (unpaired) electrons. The van der Waals surface area contributed by atoms with Crippen molar-refractivity contribution in [2.24, 2.45) is 5.10 Å². The first kappa shape index (κ1) is 18.9. The summed E-state index contributed by atoms with van der Waals surface area (Å²) in [5, 5.41) is 12.8. The number of fused-ring (bicyclic) bond motifs is 1. The van der Waals surface area contributed by atoms with E-state index < -0.39 is 10.0 Å². The number of sulfonamides is 1. The number of nitrogens with one attached hydrogen (secondary N) is 2. The van der Waals surface area contributed by atoms with Crippen LogP contribution in [-0.2, 0) is 16.4 Å². The fourth-order valence-corrected chi connectivity index (χ4v) is 3.91. The Kier molecular flexibility index (Phi) is 5.14. The summed E-state index contributed by atoms with van der Waals surface area (Å²) >= 11 is 0. The van der Waals surface area contributed by atoms with Crippen molar-refractivity contribution in [1.82, 2.24) is 15.0 Å². The molecule has 6 nitrogen and oxygen atoms in total. The Morgan fingerprint density at radius 2 is 1.79 bits per heavy atom. The van der Waals surface area contributed by atoms with Gasteiger partial charge in [0.05, 0.1) is 23.0 Å². The smallest absolute Gasteiger partial charge is 0.276 e. The van der Waals surface area contributed by atoms with E-state index in [0.717, 1.165) is 28.5 Å². The Morgan fingerprint density at radius 1 is 1.03 bits per heavy atom. The Morgan fingerprint density at radius 3 is 2.55 bits per heavy atom. The summed E-state index contributed by atoms with van der Waals surface area (Å²) in [7, 11) is -3.77. The van der Waals surface area contributed by atoms with Gasteiger partial charge in [-0.3, -0.25) is 5.10 Å². The fourth-order valence-electron chi connectivity index (χ4n) is 3.08. The first-order chi connectivity index (χ1) is 14.1. The van der Waals surface area contributed by atoms with Gasteiger partial charge in [-0.05, 0) is 34.9 Å². The molecule has 29 heavy (non-hydrogen) atoms. The van der Waals surface area contributed by atoms with E-state index in [4.69, 9.17) is 0 Å². The molecule has 0 bridgehead atoms. The third-order valence-electron chi connectivity index (χ3n) is 4.73. The number of aryl methyl sites for hydroxylation is 1. The summed E-state index contributed by atoms with van der Waals surface area (Å²) in [5.41, 5.74) is 3.67. The number of hydrogen-bond acceptors (Lipinski definition) is 4. The second kappa shape index (κ2) is 7.89. The fraction of sp³-hybridized carbons (Fsp3) is 0.0909. The molecule has 0 aliphatic heterocycles. The Balaban J connectivity index is 1.54. The SMILES string of the molecule is CCc1ccc(-c2[nH]ncc2/C=N\NS(=O)(=O)c2ccc3ccccc3c2)cc1. The number of rotatable bonds is 6. The van der Waals surface area contributed by atoms with E-state index in [0.29, 0.717) is 5.56 Å². The highest BCUT2D eigenvalue weighted by Crippen LogP contribution is 2.21. The topological polar surface area (TPSA) is 87.2 Å². The van der Waals surface area contributed by atoms with Crippen LogP contribution in [0.1, 0.15) is 18.1 Å². The van der Waals surface area contributed by atoms with Gasteiger partial charge in [-0.25, -0.2) is 4.83 Å². The second-order valence-corrected chi connectivity index (χ2v) is 8.27. The summed E-state index contributed by atoms with van der Waals surface area (Å²) in [4.78, 5) is 2.44. The van der Waals surface area contributed by atoms with Gasteiger partial charge in [0.2, 0.25) is 0 Å². The van der Waals surface area contributed by atoms with Crippen LogP contribution in [0.25, 0.3) is 22.0 Å². The van der Waals surface area contributed by atoms with Crippen LogP contribution < -0.4 is 4.83 Å². The standard InChI is InChI=1S/C22H20N4O2S/c1-2-16-7-9-18(10-8-16)22-20(14-23-25-22)15-24-26-29(27,28)21-12-11-17-5-3-4-6-19(17)13-21/h3-15,26H,2H2,1H3,(H,23,25)/b24-15-. The van der Waals surface area contributed by atoms with Crippen LogP contribution in [0.4, 0.5) is 0 Å². The molecule has 146 valence electrons. The predicted molar refractivity (Wildman–Crippen MR) is 115 cm³/mol. The molecule has 0 saturated heterocycles. The third kappa shape index (κ3) is 4.05. The summed E-state index contributed by atoms with van der Waals surface area (Å²) in [6.45, 7) is 2.10. The monoisotopic (exact) mass is 404 g/mol. The first-order valence-electron chi connectivity index (χ1n) is 9.23. The maximum absolute atomic E-state index is 12.6. The van der Waals surface area contributed by atoms with Gasteiger partial charge in [-0.2, -0.15) is 18.6 Å². The van der Waals surface area contributed by atoms with E-state index in [-0.39, 0.29) is 4.90 Å². The van der Waals surface area contributed by atoms with Gasteiger partial charge in [-0.1, -0.05) is 61.5 Å². The number of H-pyrrole nitrogens is 1. The van der Waals surface area contributed by atoms with Crippen molar-refractivity contribution in [3.63, 3.8) is 0 Å². The molecule has 1 aromatic heterocycles. The molecular formula is C22H20N4O2S. The van der Waals surface area contributed by atoms with Crippen molar-refractivity contribution in [2.45, 2.75) is 18.2 Å². The molecule has 0 aliphatic rings. The molecule has 3 aromatic carbocycles. The molecule has 0 unspecified atom stereocenters. The Hall–Kier alpha value is -3.45. The molecule has 0 saturated carbocycles. The molecular weight excluding hydrogens is 384 g/mol. The number of hydrogen-bond donors (Lipinski definition) is 2. The first-order valence-corrected chi connectivity index (χ1v) is 10.7. The van der Waals surface area contributed by atoms with Crippen LogP contribution in [0.5, 0.6) is 0 Å². The Labute approximate surface area is 169 Å². The molecule has 1 heterocycles. The van der Waals surface area contributed by atoms with Crippen molar-refractivity contribution in [3.8, 4) is 11.3 Å². The van der Waals surface area contributed by atoms with Crippen LogP contribution in [0.15, 0.2) is 82.9 Å². The molecule has 7 heteroatoms. The lowest BCUT2D eigenvalue weighted by atomic mass is 10.1. The van der Waals surface area contributed by atoms with E-state index >= 15 is 0 Å². The van der Waals surface area contributed by atoms with Gasteiger partial charge in [0, 0.05) is 11.1 Å². The quantitative estimate of drug-likeness (QED) is 0.375. The van der Waals surface area contributed by atoms with Crippen molar-refractivity contribution in [1.29, 1.82) is 0 Å². The van der Waals surface area contributed by atoms with Crippen LogP contribution in [0.2, 0.25) is 0 Å². The van der Waals surface area contributed by atoms with Crippen LogP contribution in [0, 0.1) is 0 Å². The number of nitrogens with zero attached hydrogens (tertiary/aromatic N) is 2. The summed E-state index contributed by atoms with van der Waals surface area (Å²) < 4.78 is 25.2. The number of aromatic nitrogens is 2. The number of aromatic amines is 1. The highest BCUT2D eigenvalue weighted by molar-refractivity contribution is 7.89. The lowest BCUT2D eigenvalue weighted by Crippen LogP contribution is -2.18. The normalized spacial score (nSPS) is 11.9. The van der Waals surface area contributed by atoms with Crippen molar-refractivity contribution < 1.29 is 8.42 Å². The zero-order chi connectivity index (χ0) is 20.3. The maximum atomic E-state index is 12.6. The average Bonchev–Trinajstić information content (AvgIpc) is 3.22. The van der Waals surface area contributed by atoms with Gasteiger partial charge >= 0.3 is 0 Å². The van der Waals surface area contributed by atoms with Crippen molar-refractivity contribution in [3.05, 3.63) is 84.1 Å². The molecule has 4 aromatic rings. The minimum absolute atomic E-state index is 0.163. The summed E-state index contributed by atoms with van der Waals surface area (Å²) in [6.07, 6.45) is 4.02. The molecule has 0 atom stereocenters. The molecule has 0 fully saturated rings.